The molecule has 0 aliphatic carbocycles. The van der Waals surface area contributed by atoms with Crippen molar-refractivity contribution in [2.45, 2.75) is 25.5 Å². The molecule has 4 nitrogen and oxygen atoms in total. The average molecular weight is 203 g/mol. The van der Waals surface area contributed by atoms with Gasteiger partial charge in [0.05, 0.1) is 0 Å². The lowest BCUT2D eigenvalue weighted by molar-refractivity contribution is -0.137. The van der Waals surface area contributed by atoms with Crippen LogP contribution >= 0.6 is 11.8 Å². The molecule has 0 aromatic carbocycles. The predicted octanol–water partition coefficient (Wildman–Crippen LogP) is 1.01. The zero-order valence-electron chi connectivity index (χ0n) is 7.90. The van der Waals surface area contributed by atoms with Crippen LogP contribution in [0.15, 0.2) is 4.99 Å². The minimum Gasteiger partial charge on any atom is -0.480 e. The zero-order chi connectivity index (χ0) is 10.1. The first-order valence-electron chi connectivity index (χ1n) is 3.96. The van der Waals surface area contributed by atoms with E-state index in [0.717, 1.165) is 5.04 Å². The molecule has 1 rings (SSSR count). The zero-order valence-corrected chi connectivity index (χ0v) is 8.72. The molecule has 1 heterocycles. The van der Waals surface area contributed by atoms with Gasteiger partial charge in [-0.2, -0.15) is 0 Å². The highest BCUT2D eigenvalue weighted by Gasteiger charge is 2.33. The third-order valence-electron chi connectivity index (χ3n) is 1.96. The van der Waals surface area contributed by atoms with Gasteiger partial charge in [0.25, 0.3) is 0 Å². The molecule has 1 aliphatic heterocycles. The third kappa shape index (κ3) is 2.22. The number of aliphatic imine (C=N–C) groups is 1. The molecule has 0 radical (unpaired) electrons. The van der Waals surface area contributed by atoms with Crippen molar-refractivity contribution in [1.29, 1.82) is 0 Å². The van der Waals surface area contributed by atoms with Crippen LogP contribution in [0.3, 0.4) is 0 Å². The summed E-state index contributed by atoms with van der Waals surface area (Å²) in [5.41, 5.74) is -0.463. The summed E-state index contributed by atoms with van der Waals surface area (Å²) in [5, 5.41) is 9.47. The van der Waals surface area contributed by atoms with Crippen molar-refractivity contribution in [1.82, 2.24) is 0 Å². The van der Waals surface area contributed by atoms with Gasteiger partial charge in [-0.05, 0) is 13.8 Å². The number of thioether (sulfide) groups is 1. The number of carboxylic acids is 1. The molecule has 74 valence electrons. The summed E-state index contributed by atoms with van der Waals surface area (Å²) in [7, 11) is 1.59. The molecule has 0 spiro atoms. The number of carboxylic acid groups (broad SMARTS) is 1. The molecule has 0 saturated heterocycles. The normalized spacial score (nSPS) is 23.0. The molecular weight excluding hydrogens is 190 g/mol. The Morgan fingerprint density at radius 1 is 1.77 bits per heavy atom. The Balaban J connectivity index is 2.75. The second-order valence-electron chi connectivity index (χ2n) is 3.31. The van der Waals surface area contributed by atoms with E-state index in [1.54, 1.807) is 7.11 Å². The van der Waals surface area contributed by atoms with Gasteiger partial charge in [-0.1, -0.05) is 0 Å². The molecule has 13 heavy (non-hydrogen) atoms. The summed E-state index contributed by atoms with van der Waals surface area (Å²) in [6.45, 7) is 3.76. The van der Waals surface area contributed by atoms with Crippen LogP contribution in [-0.2, 0) is 9.53 Å². The van der Waals surface area contributed by atoms with Crippen LogP contribution in [-0.4, -0.2) is 40.6 Å². The minimum atomic E-state index is -0.866. The first kappa shape index (κ1) is 10.5. The SMILES string of the molecule is COC(C)(C)C1=NC(C(=O)O)CS1. The van der Waals surface area contributed by atoms with Crippen molar-refractivity contribution in [3.05, 3.63) is 0 Å². The lowest BCUT2D eigenvalue weighted by Crippen LogP contribution is -2.30. The number of hydrogen-bond acceptors (Lipinski definition) is 4. The molecule has 1 unspecified atom stereocenters. The summed E-state index contributed by atoms with van der Waals surface area (Å²) in [6.07, 6.45) is 0. The number of hydrogen-bond donors (Lipinski definition) is 1. The second kappa shape index (κ2) is 3.67. The van der Waals surface area contributed by atoms with Gasteiger partial charge in [-0.25, -0.2) is 4.79 Å². The van der Waals surface area contributed by atoms with Crippen LogP contribution in [0, 0.1) is 0 Å². The maximum absolute atomic E-state index is 10.6. The Labute approximate surface area is 81.4 Å². The van der Waals surface area contributed by atoms with Crippen molar-refractivity contribution in [2.75, 3.05) is 12.9 Å². The molecule has 1 atom stereocenters. The first-order valence-corrected chi connectivity index (χ1v) is 4.95. The fraction of sp³-hybridized carbons (Fsp3) is 0.750. The second-order valence-corrected chi connectivity index (χ2v) is 4.32. The van der Waals surface area contributed by atoms with E-state index in [9.17, 15) is 4.79 Å². The topological polar surface area (TPSA) is 58.9 Å². The smallest absolute Gasteiger partial charge is 0.329 e. The van der Waals surface area contributed by atoms with Crippen LogP contribution in [0.4, 0.5) is 0 Å². The van der Waals surface area contributed by atoms with Crippen LogP contribution in [0.25, 0.3) is 0 Å². The summed E-state index contributed by atoms with van der Waals surface area (Å²) in [4.78, 5) is 14.7. The molecule has 1 N–H and O–H groups in total. The molecule has 0 fully saturated rings. The molecule has 5 heteroatoms. The highest BCUT2D eigenvalue weighted by Crippen LogP contribution is 2.27. The van der Waals surface area contributed by atoms with Crippen molar-refractivity contribution >= 4 is 22.8 Å². The van der Waals surface area contributed by atoms with Gasteiger partial charge < -0.3 is 9.84 Å². The van der Waals surface area contributed by atoms with Crippen LogP contribution in [0.5, 0.6) is 0 Å². The Bertz CT molecular complexity index is 250. The highest BCUT2D eigenvalue weighted by atomic mass is 32.2. The Morgan fingerprint density at radius 3 is 2.77 bits per heavy atom. The van der Waals surface area contributed by atoms with E-state index in [0.29, 0.717) is 5.75 Å². The lowest BCUT2D eigenvalue weighted by Gasteiger charge is -2.21. The van der Waals surface area contributed by atoms with E-state index in [-0.39, 0.29) is 0 Å². The largest absolute Gasteiger partial charge is 0.480 e. The van der Waals surface area contributed by atoms with E-state index in [2.05, 4.69) is 4.99 Å². The molecule has 0 aromatic rings. The molecular formula is C8H13NO3S. The van der Waals surface area contributed by atoms with E-state index in [4.69, 9.17) is 9.84 Å². The van der Waals surface area contributed by atoms with E-state index < -0.39 is 17.6 Å². The van der Waals surface area contributed by atoms with E-state index in [1.807, 2.05) is 13.8 Å². The van der Waals surface area contributed by atoms with Gasteiger partial charge in [-0.3, -0.25) is 4.99 Å². The van der Waals surface area contributed by atoms with Crippen molar-refractivity contribution in [3.8, 4) is 0 Å². The van der Waals surface area contributed by atoms with Gasteiger partial charge >= 0.3 is 5.97 Å². The molecule has 0 amide bonds. The first-order chi connectivity index (χ1) is 5.97. The summed E-state index contributed by atoms with van der Waals surface area (Å²) >= 11 is 1.45. The van der Waals surface area contributed by atoms with Gasteiger partial charge in [0.1, 0.15) is 10.6 Å². The maximum atomic E-state index is 10.6. The summed E-state index contributed by atoms with van der Waals surface area (Å²) < 4.78 is 5.21. The standard InChI is InChI=1S/C8H13NO3S/c1-8(2,12-3)7-9-5(4-13-7)6(10)11/h5H,4H2,1-3H3,(H,10,11). The van der Waals surface area contributed by atoms with Crippen molar-refractivity contribution < 1.29 is 14.6 Å². The highest BCUT2D eigenvalue weighted by molar-refractivity contribution is 8.14. The van der Waals surface area contributed by atoms with Crippen LogP contribution < -0.4 is 0 Å². The fourth-order valence-electron chi connectivity index (χ4n) is 0.917. The van der Waals surface area contributed by atoms with Crippen molar-refractivity contribution in [3.63, 3.8) is 0 Å². The maximum Gasteiger partial charge on any atom is 0.329 e. The van der Waals surface area contributed by atoms with Crippen LogP contribution in [0.2, 0.25) is 0 Å². The third-order valence-corrected chi connectivity index (χ3v) is 3.31. The lowest BCUT2D eigenvalue weighted by atomic mass is 10.1. The van der Waals surface area contributed by atoms with Gasteiger partial charge in [0, 0.05) is 12.9 Å². The summed E-state index contributed by atoms with van der Waals surface area (Å²) in [5.74, 6) is -0.355. The van der Waals surface area contributed by atoms with Gasteiger partial charge in [0.15, 0.2) is 6.04 Å². The van der Waals surface area contributed by atoms with Crippen molar-refractivity contribution in [2.24, 2.45) is 4.99 Å². The van der Waals surface area contributed by atoms with Gasteiger partial charge in [-0.15, -0.1) is 11.8 Å². The monoisotopic (exact) mass is 203 g/mol. The minimum absolute atomic E-state index is 0.463. The number of carbonyl (C=O) groups is 1. The number of aliphatic carboxylic acids is 1. The molecule has 1 aliphatic rings. The molecule has 0 bridgehead atoms. The molecule has 0 saturated carbocycles. The number of ether oxygens (including phenoxy) is 1. The Kier molecular flexibility index (Phi) is 2.98. The Hall–Kier alpha value is -0.550. The number of methoxy groups -OCH3 is 1. The quantitative estimate of drug-likeness (QED) is 0.743. The van der Waals surface area contributed by atoms with Crippen LogP contribution in [0.1, 0.15) is 13.8 Å². The summed E-state index contributed by atoms with van der Waals surface area (Å²) in [6, 6.07) is -0.602. The number of nitrogens with zero attached hydrogens (tertiary/aromatic N) is 1. The van der Waals surface area contributed by atoms with E-state index >= 15 is 0 Å². The molecule has 0 aromatic heterocycles. The van der Waals surface area contributed by atoms with Gasteiger partial charge in [0.2, 0.25) is 0 Å². The van der Waals surface area contributed by atoms with E-state index in [1.165, 1.54) is 11.8 Å². The Morgan fingerprint density at radius 2 is 2.38 bits per heavy atom. The fourth-order valence-corrected chi connectivity index (χ4v) is 2.08. The predicted molar refractivity (Wildman–Crippen MR) is 52.4 cm³/mol. The average Bonchev–Trinajstić information content (AvgIpc) is 2.52. The number of rotatable bonds is 3.